The summed E-state index contributed by atoms with van der Waals surface area (Å²) in [6.07, 6.45) is 7.72. The SMILES string of the molecule is CCCCC/C(C)=C\C(C)(C)C. The molecule has 0 heterocycles. The van der Waals surface area contributed by atoms with E-state index in [1.54, 1.807) is 5.57 Å². The molecule has 0 unspecified atom stereocenters. The van der Waals surface area contributed by atoms with Crippen molar-refractivity contribution >= 4 is 0 Å². The third-order valence-electron chi connectivity index (χ3n) is 1.85. The standard InChI is InChI=1S/C12H24/c1-6-7-8-9-11(2)10-12(3,4)5/h10H,6-9H2,1-5H3/b11-10-. The van der Waals surface area contributed by atoms with Crippen LogP contribution >= 0.6 is 0 Å². The van der Waals surface area contributed by atoms with Crippen LogP contribution in [-0.4, -0.2) is 0 Å². The van der Waals surface area contributed by atoms with Crippen LogP contribution in [0.5, 0.6) is 0 Å². The molecule has 0 aromatic carbocycles. The quantitative estimate of drug-likeness (QED) is 0.426. The average molecular weight is 168 g/mol. The van der Waals surface area contributed by atoms with Crippen LogP contribution in [0.1, 0.15) is 60.3 Å². The average Bonchev–Trinajstić information content (AvgIpc) is 1.84. The van der Waals surface area contributed by atoms with E-state index in [0.717, 1.165) is 0 Å². The molecular weight excluding hydrogens is 144 g/mol. The summed E-state index contributed by atoms with van der Waals surface area (Å²) in [6, 6.07) is 0. The van der Waals surface area contributed by atoms with Gasteiger partial charge in [-0.1, -0.05) is 52.2 Å². The van der Waals surface area contributed by atoms with Crippen LogP contribution in [0.15, 0.2) is 11.6 Å². The molecular formula is C12H24. The Bertz CT molecular complexity index is 135. The molecule has 0 bridgehead atoms. The minimum Gasteiger partial charge on any atom is -0.0802 e. The molecule has 0 aliphatic heterocycles. The van der Waals surface area contributed by atoms with Gasteiger partial charge in [0.1, 0.15) is 0 Å². The summed E-state index contributed by atoms with van der Waals surface area (Å²) < 4.78 is 0. The van der Waals surface area contributed by atoms with E-state index in [9.17, 15) is 0 Å². The van der Waals surface area contributed by atoms with E-state index in [0.29, 0.717) is 5.41 Å². The van der Waals surface area contributed by atoms with Gasteiger partial charge >= 0.3 is 0 Å². The molecule has 0 heteroatoms. The fraction of sp³-hybridized carbons (Fsp3) is 0.833. The predicted octanol–water partition coefficient (Wildman–Crippen LogP) is 4.56. The highest BCUT2D eigenvalue weighted by Crippen LogP contribution is 2.20. The van der Waals surface area contributed by atoms with Gasteiger partial charge in [-0.3, -0.25) is 0 Å². The number of hydrogen-bond donors (Lipinski definition) is 0. The lowest BCUT2D eigenvalue weighted by Gasteiger charge is -2.14. The number of hydrogen-bond acceptors (Lipinski definition) is 0. The molecule has 0 saturated carbocycles. The lowest BCUT2D eigenvalue weighted by atomic mass is 9.92. The van der Waals surface area contributed by atoms with Gasteiger partial charge in [0.25, 0.3) is 0 Å². The van der Waals surface area contributed by atoms with E-state index < -0.39 is 0 Å². The van der Waals surface area contributed by atoms with Crippen molar-refractivity contribution in [2.24, 2.45) is 5.41 Å². The second-order valence-electron chi connectivity index (χ2n) is 4.81. The maximum atomic E-state index is 2.39. The van der Waals surface area contributed by atoms with Crippen LogP contribution in [0.3, 0.4) is 0 Å². The smallest absolute Gasteiger partial charge is 0.0201 e. The minimum absolute atomic E-state index is 0.357. The van der Waals surface area contributed by atoms with E-state index in [1.165, 1.54) is 25.7 Å². The van der Waals surface area contributed by atoms with Crippen LogP contribution in [0.25, 0.3) is 0 Å². The van der Waals surface area contributed by atoms with Gasteiger partial charge in [-0.15, -0.1) is 0 Å². The van der Waals surface area contributed by atoms with Crippen LogP contribution in [0.4, 0.5) is 0 Å². The Balaban J connectivity index is 3.71. The Labute approximate surface area is 78.1 Å². The first-order valence-electron chi connectivity index (χ1n) is 5.14. The van der Waals surface area contributed by atoms with Gasteiger partial charge in [0, 0.05) is 0 Å². The highest BCUT2D eigenvalue weighted by Gasteiger charge is 2.05. The molecule has 0 rings (SSSR count). The first-order chi connectivity index (χ1) is 5.45. The highest BCUT2D eigenvalue weighted by molar-refractivity contribution is 5.03. The molecule has 0 saturated heterocycles. The van der Waals surface area contributed by atoms with Crippen LogP contribution in [-0.2, 0) is 0 Å². The van der Waals surface area contributed by atoms with Gasteiger partial charge in [-0.25, -0.2) is 0 Å². The third kappa shape index (κ3) is 7.84. The Morgan fingerprint density at radius 3 is 2.17 bits per heavy atom. The molecule has 12 heavy (non-hydrogen) atoms. The minimum atomic E-state index is 0.357. The van der Waals surface area contributed by atoms with Gasteiger partial charge < -0.3 is 0 Å². The molecule has 0 spiro atoms. The van der Waals surface area contributed by atoms with E-state index >= 15 is 0 Å². The van der Waals surface area contributed by atoms with Gasteiger partial charge in [-0.2, -0.15) is 0 Å². The van der Waals surface area contributed by atoms with Crippen LogP contribution in [0, 0.1) is 5.41 Å². The van der Waals surface area contributed by atoms with Crippen molar-refractivity contribution in [1.29, 1.82) is 0 Å². The highest BCUT2D eigenvalue weighted by atomic mass is 14.1. The molecule has 72 valence electrons. The molecule has 0 fully saturated rings. The van der Waals surface area contributed by atoms with Gasteiger partial charge in [-0.05, 0) is 25.2 Å². The maximum Gasteiger partial charge on any atom is -0.0201 e. The van der Waals surface area contributed by atoms with Crippen molar-refractivity contribution in [2.75, 3.05) is 0 Å². The van der Waals surface area contributed by atoms with Crippen molar-refractivity contribution in [2.45, 2.75) is 60.3 Å². The monoisotopic (exact) mass is 168 g/mol. The molecule has 0 aliphatic rings. The summed E-state index contributed by atoms with van der Waals surface area (Å²) in [6.45, 7) is 11.3. The zero-order chi connectivity index (χ0) is 9.61. The first kappa shape index (κ1) is 11.7. The molecule has 0 nitrogen and oxygen atoms in total. The maximum absolute atomic E-state index is 2.39. The Hall–Kier alpha value is -0.260. The summed E-state index contributed by atoms with van der Waals surface area (Å²) >= 11 is 0. The largest absolute Gasteiger partial charge is 0.0802 e. The Kier molecular flexibility index (Phi) is 5.28. The van der Waals surface area contributed by atoms with Crippen molar-refractivity contribution in [3.63, 3.8) is 0 Å². The van der Waals surface area contributed by atoms with Gasteiger partial charge in [0.05, 0.1) is 0 Å². The number of allylic oxidation sites excluding steroid dienone is 2. The zero-order valence-corrected chi connectivity index (χ0v) is 9.41. The third-order valence-corrected chi connectivity index (χ3v) is 1.85. The molecule has 0 atom stereocenters. The van der Waals surface area contributed by atoms with Crippen molar-refractivity contribution in [1.82, 2.24) is 0 Å². The van der Waals surface area contributed by atoms with Gasteiger partial charge in [0.15, 0.2) is 0 Å². The molecule has 0 N–H and O–H groups in total. The molecule has 0 aromatic heterocycles. The van der Waals surface area contributed by atoms with Crippen LogP contribution < -0.4 is 0 Å². The summed E-state index contributed by atoms with van der Waals surface area (Å²) in [7, 11) is 0. The topological polar surface area (TPSA) is 0 Å². The van der Waals surface area contributed by atoms with Crippen LogP contribution in [0.2, 0.25) is 0 Å². The number of rotatable bonds is 4. The van der Waals surface area contributed by atoms with Crippen molar-refractivity contribution in [3.8, 4) is 0 Å². The normalized spacial score (nSPS) is 13.6. The van der Waals surface area contributed by atoms with Crippen molar-refractivity contribution in [3.05, 3.63) is 11.6 Å². The Morgan fingerprint density at radius 2 is 1.75 bits per heavy atom. The fourth-order valence-corrected chi connectivity index (χ4v) is 1.47. The second kappa shape index (κ2) is 5.40. The summed E-state index contributed by atoms with van der Waals surface area (Å²) in [5.41, 5.74) is 1.91. The zero-order valence-electron chi connectivity index (χ0n) is 9.41. The van der Waals surface area contributed by atoms with E-state index in [-0.39, 0.29) is 0 Å². The molecule has 0 aromatic rings. The summed E-state index contributed by atoms with van der Waals surface area (Å²) in [5, 5.41) is 0. The summed E-state index contributed by atoms with van der Waals surface area (Å²) in [4.78, 5) is 0. The molecule has 0 aliphatic carbocycles. The second-order valence-corrected chi connectivity index (χ2v) is 4.81. The molecule has 0 amide bonds. The molecule has 0 radical (unpaired) electrons. The first-order valence-corrected chi connectivity index (χ1v) is 5.14. The van der Waals surface area contributed by atoms with E-state index in [4.69, 9.17) is 0 Å². The predicted molar refractivity (Wildman–Crippen MR) is 57.4 cm³/mol. The fourth-order valence-electron chi connectivity index (χ4n) is 1.47. The number of unbranched alkanes of at least 4 members (excludes halogenated alkanes) is 2. The van der Waals surface area contributed by atoms with Gasteiger partial charge in [0.2, 0.25) is 0 Å². The Morgan fingerprint density at radius 1 is 1.17 bits per heavy atom. The lowest BCUT2D eigenvalue weighted by molar-refractivity contribution is 0.535. The summed E-state index contributed by atoms with van der Waals surface area (Å²) in [5.74, 6) is 0. The van der Waals surface area contributed by atoms with E-state index in [2.05, 4.69) is 40.7 Å². The lowest BCUT2D eigenvalue weighted by Crippen LogP contribution is -2.00. The van der Waals surface area contributed by atoms with Crippen molar-refractivity contribution < 1.29 is 0 Å². The van der Waals surface area contributed by atoms with E-state index in [1.807, 2.05) is 0 Å².